The van der Waals surface area contributed by atoms with Gasteiger partial charge in [0.1, 0.15) is 5.82 Å². The van der Waals surface area contributed by atoms with Gasteiger partial charge in [-0.05, 0) is 6.07 Å². The number of rotatable bonds is 5. The summed E-state index contributed by atoms with van der Waals surface area (Å²) in [6, 6.07) is 1.76. The number of aromatic amines is 1. The largest absolute Gasteiger partial charge is 0.395 e. The van der Waals surface area contributed by atoms with Crippen molar-refractivity contribution in [2.45, 2.75) is 12.8 Å². The number of H-pyrrole nitrogens is 1. The van der Waals surface area contributed by atoms with E-state index in [0.717, 1.165) is 10.7 Å². The summed E-state index contributed by atoms with van der Waals surface area (Å²) < 4.78 is 0. The lowest BCUT2D eigenvalue weighted by molar-refractivity contribution is 0.0954. The van der Waals surface area contributed by atoms with Crippen molar-refractivity contribution in [1.29, 1.82) is 0 Å². The third-order valence-electron chi connectivity index (χ3n) is 2.51. The molecule has 2 rings (SSSR count). The highest BCUT2D eigenvalue weighted by molar-refractivity contribution is 7.10. The molecule has 20 heavy (non-hydrogen) atoms. The van der Waals surface area contributed by atoms with Crippen LogP contribution >= 0.6 is 11.3 Å². The van der Waals surface area contributed by atoms with Crippen LogP contribution in [0.3, 0.4) is 0 Å². The van der Waals surface area contributed by atoms with Gasteiger partial charge in [-0.1, -0.05) is 11.8 Å². The summed E-state index contributed by atoms with van der Waals surface area (Å²) in [5, 5.41) is 13.3. The second-order valence-corrected chi connectivity index (χ2v) is 4.93. The molecule has 104 valence electrons. The smallest absolute Gasteiger partial charge is 0.252 e. The SMILES string of the molecule is O=C(NCCc1ncc[nH]1)c1csc(C#CCCO)c1. The second kappa shape index (κ2) is 7.48. The first-order chi connectivity index (χ1) is 9.79. The molecule has 6 heteroatoms. The zero-order valence-corrected chi connectivity index (χ0v) is 11.7. The number of aromatic nitrogens is 2. The minimum atomic E-state index is -0.108. The summed E-state index contributed by atoms with van der Waals surface area (Å²) in [4.78, 5) is 19.8. The van der Waals surface area contributed by atoms with Gasteiger partial charge in [0.15, 0.2) is 0 Å². The number of hydrogen-bond donors (Lipinski definition) is 3. The van der Waals surface area contributed by atoms with Crippen LogP contribution in [0.1, 0.15) is 27.5 Å². The maximum atomic E-state index is 11.9. The van der Waals surface area contributed by atoms with Crippen LogP contribution in [0.5, 0.6) is 0 Å². The lowest BCUT2D eigenvalue weighted by atomic mass is 10.3. The lowest BCUT2D eigenvalue weighted by Crippen LogP contribution is -2.25. The molecule has 2 heterocycles. The van der Waals surface area contributed by atoms with E-state index in [0.29, 0.717) is 24.9 Å². The molecule has 0 saturated carbocycles. The quantitative estimate of drug-likeness (QED) is 0.723. The molecule has 0 aliphatic rings. The van der Waals surface area contributed by atoms with Crippen LogP contribution in [0.2, 0.25) is 0 Å². The summed E-state index contributed by atoms with van der Waals surface area (Å²) in [5.74, 6) is 6.49. The number of thiophene rings is 1. The molecule has 1 amide bonds. The molecular weight excluding hydrogens is 274 g/mol. The number of imidazole rings is 1. The standard InChI is InChI=1S/C14H15N3O2S/c18-8-2-1-3-12-9-11(10-20-12)14(19)17-5-4-13-15-6-7-16-13/h6-7,9-10,18H,2,4-5,8H2,(H,15,16)(H,17,19). The van der Waals surface area contributed by atoms with E-state index in [4.69, 9.17) is 5.11 Å². The van der Waals surface area contributed by atoms with Gasteiger partial charge in [-0.3, -0.25) is 4.79 Å². The first-order valence-corrected chi connectivity index (χ1v) is 7.12. The predicted molar refractivity (Wildman–Crippen MR) is 77.5 cm³/mol. The number of nitrogens with one attached hydrogen (secondary N) is 2. The zero-order valence-electron chi connectivity index (χ0n) is 10.8. The summed E-state index contributed by atoms with van der Waals surface area (Å²) >= 11 is 1.42. The highest BCUT2D eigenvalue weighted by atomic mass is 32.1. The Bertz CT molecular complexity index is 608. The molecule has 2 aromatic rings. The van der Waals surface area contributed by atoms with Crippen molar-refractivity contribution in [3.05, 3.63) is 40.1 Å². The Labute approximate surface area is 121 Å². The van der Waals surface area contributed by atoms with Gasteiger partial charge in [0.2, 0.25) is 0 Å². The molecule has 0 aliphatic carbocycles. The van der Waals surface area contributed by atoms with E-state index in [1.54, 1.807) is 23.8 Å². The van der Waals surface area contributed by atoms with Crippen LogP contribution in [0.25, 0.3) is 0 Å². The summed E-state index contributed by atoms with van der Waals surface area (Å²) in [5.41, 5.74) is 0.614. The third kappa shape index (κ3) is 4.23. The lowest BCUT2D eigenvalue weighted by Gasteiger charge is -2.01. The van der Waals surface area contributed by atoms with Crippen LogP contribution in [-0.2, 0) is 6.42 Å². The topological polar surface area (TPSA) is 78.0 Å². The van der Waals surface area contributed by atoms with Gasteiger partial charge in [0.05, 0.1) is 17.0 Å². The molecule has 3 N–H and O–H groups in total. The minimum absolute atomic E-state index is 0.0541. The van der Waals surface area contributed by atoms with Crippen molar-refractivity contribution < 1.29 is 9.90 Å². The molecule has 0 fully saturated rings. The first-order valence-electron chi connectivity index (χ1n) is 6.24. The maximum Gasteiger partial charge on any atom is 0.252 e. The van der Waals surface area contributed by atoms with Crippen molar-refractivity contribution in [2.75, 3.05) is 13.2 Å². The Hall–Kier alpha value is -2.10. The molecule has 2 aromatic heterocycles. The average Bonchev–Trinajstić information content (AvgIpc) is 3.10. The van der Waals surface area contributed by atoms with Crippen molar-refractivity contribution in [2.24, 2.45) is 0 Å². The number of amides is 1. The van der Waals surface area contributed by atoms with Gasteiger partial charge >= 0.3 is 0 Å². The Morgan fingerprint density at radius 1 is 1.55 bits per heavy atom. The van der Waals surface area contributed by atoms with E-state index < -0.39 is 0 Å². The Kier molecular flexibility index (Phi) is 5.35. The fraction of sp³-hybridized carbons (Fsp3) is 0.286. The van der Waals surface area contributed by atoms with E-state index >= 15 is 0 Å². The van der Waals surface area contributed by atoms with Crippen molar-refractivity contribution in [3.8, 4) is 11.8 Å². The monoisotopic (exact) mass is 289 g/mol. The number of nitrogens with zero attached hydrogens (tertiary/aromatic N) is 1. The third-order valence-corrected chi connectivity index (χ3v) is 3.36. The van der Waals surface area contributed by atoms with Gasteiger partial charge in [-0.15, -0.1) is 11.3 Å². The normalized spacial score (nSPS) is 9.85. The number of aliphatic hydroxyl groups excluding tert-OH is 1. The minimum Gasteiger partial charge on any atom is -0.395 e. The van der Waals surface area contributed by atoms with Crippen LogP contribution in [0, 0.1) is 11.8 Å². The molecule has 0 aromatic carbocycles. The fourth-order valence-corrected chi connectivity index (χ4v) is 2.31. The molecule has 0 spiro atoms. The van der Waals surface area contributed by atoms with E-state index in [2.05, 4.69) is 27.1 Å². The molecule has 0 aliphatic heterocycles. The van der Waals surface area contributed by atoms with Crippen LogP contribution in [-0.4, -0.2) is 34.1 Å². The molecule has 0 bridgehead atoms. The van der Waals surface area contributed by atoms with Gasteiger partial charge in [0, 0.05) is 37.2 Å². The summed E-state index contributed by atoms with van der Waals surface area (Å²) in [6.07, 6.45) is 4.56. The van der Waals surface area contributed by atoms with Crippen LogP contribution in [0.15, 0.2) is 23.8 Å². The number of carbonyl (C=O) groups is 1. The molecule has 0 atom stereocenters. The van der Waals surface area contributed by atoms with E-state index in [-0.39, 0.29) is 12.5 Å². The highest BCUT2D eigenvalue weighted by Crippen LogP contribution is 2.13. The number of carbonyl (C=O) groups excluding carboxylic acids is 1. The Morgan fingerprint density at radius 3 is 3.20 bits per heavy atom. The van der Waals surface area contributed by atoms with Gasteiger partial charge < -0.3 is 15.4 Å². The van der Waals surface area contributed by atoms with Gasteiger partial charge in [-0.25, -0.2) is 4.98 Å². The van der Waals surface area contributed by atoms with Crippen LogP contribution < -0.4 is 5.32 Å². The average molecular weight is 289 g/mol. The Balaban J connectivity index is 1.82. The molecule has 0 radical (unpaired) electrons. The zero-order chi connectivity index (χ0) is 14.2. The van der Waals surface area contributed by atoms with Gasteiger partial charge in [0.25, 0.3) is 5.91 Å². The highest BCUT2D eigenvalue weighted by Gasteiger charge is 2.07. The molecule has 0 unspecified atom stereocenters. The first kappa shape index (κ1) is 14.3. The van der Waals surface area contributed by atoms with E-state index in [1.165, 1.54) is 11.3 Å². The van der Waals surface area contributed by atoms with Crippen molar-refractivity contribution in [1.82, 2.24) is 15.3 Å². The van der Waals surface area contributed by atoms with E-state index in [9.17, 15) is 4.79 Å². The maximum absolute atomic E-state index is 11.9. The summed E-state index contributed by atoms with van der Waals surface area (Å²) in [6.45, 7) is 0.589. The molecule has 0 saturated heterocycles. The van der Waals surface area contributed by atoms with Crippen molar-refractivity contribution in [3.63, 3.8) is 0 Å². The van der Waals surface area contributed by atoms with Crippen LogP contribution in [0.4, 0.5) is 0 Å². The van der Waals surface area contributed by atoms with E-state index in [1.807, 2.05) is 0 Å². The second-order valence-electron chi connectivity index (χ2n) is 4.02. The fourth-order valence-electron chi connectivity index (χ4n) is 1.56. The Morgan fingerprint density at radius 2 is 2.45 bits per heavy atom. The summed E-state index contributed by atoms with van der Waals surface area (Å²) in [7, 11) is 0. The van der Waals surface area contributed by atoms with Gasteiger partial charge in [-0.2, -0.15) is 0 Å². The predicted octanol–water partition coefficient (Wildman–Crippen LogP) is 1.18. The number of aliphatic hydroxyl groups is 1. The number of hydrogen-bond acceptors (Lipinski definition) is 4. The molecule has 5 nitrogen and oxygen atoms in total. The van der Waals surface area contributed by atoms with Crippen molar-refractivity contribution >= 4 is 17.2 Å². The molecular formula is C14H15N3O2S.